The standard InChI is InChI=1S/C23H16N4O5S/c1-2-31-21-6-4-3-5-18(21)25-12-15(11-24)22-26-19(13-33-22)17-10-14-9-16(27(29)30)7-8-20(14)32-23(17)28/h3-10,12-13,25H,2H2,1H3. The van der Waals surface area contributed by atoms with Gasteiger partial charge in [0.05, 0.1) is 28.5 Å². The Morgan fingerprint density at radius 1 is 1.33 bits per heavy atom. The minimum atomic E-state index is -0.626. The molecule has 33 heavy (non-hydrogen) atoms. The number of non-ortho nitro benzene ring substituents is 1. The Hall–Kier alpha value is -4.49. The minimum absolute atomic E-state index is 0.116. The van der Waals surface area contributed by atoms with Crippen molar-refractivity contribution in [2.75, 3.05) is 11.9 Å². The summed E-state index contributed by atoms with van der Waals surface area (Å²) in [5.74, 6) is 0.649. The van der Waals surface area contributed by atoms with Crippen molar-refractivity contribution in [3.05, 3.63) is 85.7 Å². The number of aromatic nitrogens is 1. The number of nitrogens with zero attached hydrogens (tertiary/aromatic N) is 3. The average Bonchev–Trinajstić information content (AvgIpc) is 3.29. The second kappa shape index (κ2) is 9.33. The van der Waals surface area contributed by atoms with Crippen molar-refractivity contribution >= 4 is 39.3 Å². The molecule has 0 unspecified atom stereocenters. The van der Waals surface area contributed by atoms with Gasteiger partial charge < -0.3 is 14.5 Å². The lowest BCUT2D eigenvalue weighted by molar-refractivity contribution is -0.384. The zero-order valence-corrected chi connectivity index (χ0v) is 18.1. The summed E-state index contributed by atoms with van der Waals surface area (Å²) in [5.41, 5.74) is 0.915. The Morgan fingerprint density at radius 2 is 2.15 bits per heavy atom. The predicted octanol–water partition coefficient (Wildman–Crippen LogP) is 5.20. The molecule has 0 aliphatic rings. The molecule has 4 rings (SSSR count). The van der Waals surface area contributed by atoms with Gasteiger partial charge in [-0.15, -0.1) is 11.3 Å². The van der Waals surface area contributed by atoms with E-state index in [2.05, 4.69) is 16.4 Å². The molecule has 1 N–H and O–H groups in total. The van der Waals surface area contributed by atoms with E-state index in [0.717, 1.165) is 0 Å². The van der Waals surface area contributed by atoms with Gasteiger partial charge in [0.1, 0.15) is 28.0 Å². The van der Waals surface area contributed by atoms with E-state index < -0.39 is 10.5 Å². The quantitative estimate of drug-likeness (QED) is 0.172. The molecule has 0 saturated heterocycles. The van der Waals surface area contributed by atoms with Crippen LogP contribution in [0, 0.1) is 21.4 Å². The molecule has 0 aliphatic heterocycles. The molecular formula is C23H16N4O5S. The largest absolute Gasteiger partial charge is 0.492 e. The van der Waals surface area contributed by atoms with Crippen LogP contribution in [0.25, 0.3) is 27.8 Å². The first-order valence-corrected chi connectivity index (χ1v) is 10.7. The highest BCUT2D eigenvalue weighted by atomic mass is 32.1. The SMILES string of the molecule is CCOc1ccccc1NC=C(C#N)c1nc(-c2cc3cc([N+](=O)[O-])ccc3oc2=O)cs1. The van der Waals surface area contributed by atoms with Gasteiger partial charge in [-0.25, -0.2) is 9.78 Å². The Kier molecular flexibility index (Phi) is 6.15. The van der Waals surface area contributed by atoms with E-state index >= 15 is 0 Å². The van der Waals surface area contributed by atoms with Crippen molar-refractivity contribution < 1.29 is 14.1 Å². The highest BCUT2D eigenvalue weighted by molar-refractivity contribution is 7.11. The third kappa shape index (κ3) is 4.58. The van der Waals surface area contributed by atoms with Crippen LogP contribution >= 0.6 is 11.3 Å². The maximum absolute atomic E-state index is 12.5. The summed E-state index contributed by atoms with van der Waals surface area (Å²) in [5, 5.41) is 26.2. The number of nitro benzene ring substituents is 1. The van der Waals surface area contributed by atoms with Gasteiger partial charge in [0.15, 0.2) is 0 Å². The Labute approximate surface area is 191 Å². The zero-order valence-electron chi connectivity index (χ0n) is 17.3. The second-order valence-corrected chi connectivity index (χ2v) is 7.57. The lowest BCUT2D eigenvalue weighted by atomic mass is 10.1. The van der Waals surface area contributed by atoms with Crippen molar-refractivity contribution in [3.63, 3.8) is 0 Å². The van der Waals surface area contributed by atoms with Crippen LogP contribution < -0.4 is 15.7 Å². The maximum atomic E-state index is 12.5. The van der Waals surface area contributed by atoms with Gasteiger partial charge in [-0.05, 0) is 31.2 Å². The molecule has 164 valence electrons. The number of hydrogen-bond donors (Lipinski definition) is 1. The third-order valence-electron chi connectivity index (χ3n) is 4.62. The molecule has 0 aliphatic carbocycles. The van der Waals surface area contributed by atoms with E-state index in [-0.39, 0.29) is 22.4 Å². The number of nitrogens with one attached hydrogen (secondary N) is 1. The van der Waals surface area contributed by atoms with Crippen LogP contribution in [0.4, 0.5) is 11.4 Å². The van der Waals surface area contributed by atoms with E-state index in [1.807, 2.05) is 31.2 Å². The highest BCUT2D eigenvalue weighted by Crippen LogP contribution is 2.29. The number of nitriles is 1. The number of nitro groups is 1. The summed E-state index contributed by atoms with van der Waals surface area (Å²) in [4.78, 5) is 27.4. The van der Waals surface area contributed by atoms with E-state index in [1.165, 1.54) is 41.8 Å². The van der Waals surface area contributed by atoms with Crippen LogP contribution in [-0.4, -0.2) is 16.5 Å². The second-order valence-electron chi connectivity index (χ2n) is 6.71. The third-order valence-corrected chi connectivity index (χ3v) is 5.49. The Morgan fingerprint density at radius 3 is 2.91 bits per heavy atom. The summed E-state index contributed by atoms with van der Waals surface area (Å²) in [6.07, 6.45) is 1.52. The molecule has 0 bridgehead atoms. The van der Waals surface area contributed by atoms with Crippen molar-refractivity contribution in [1.82, 2.24) is 4.98 Å². The van der Waals surface area contributed by atoms with Gasteiger partial charge in [-0.3, -0.25) is 10.1 Å². The fourth-order valence-corrected chi connectivity index (χ4v) is 3.87. The normalized spacial score (nSPS) is 11.2. The van der Waals surface area contributed by atoms with Crippen LogP contribution in [-0.2, 0) is 0 Å². The van der Waals surface area contributed by atoms with E-state index in [0.29, 0.717) is 34.1 Å². The number of benzene rings is 2. The van der Waals surface area contributed by atoms with E-state index in [9.17, 15) is 20.2 Å². The number of allylic oxidation sites excluding steroid dienone is 1. The van der Waals surface area contributed by atoms with Crippen molar-refractivity contribution in [2.24, 2.45) is 0 Å². The Balaban J connectivity index is 1.67. The first-order chi connectivity index (χ1) is 16.0. The van der Waals surface area contributed by atoms with Crippen LogP contribution in [0.1, 0.15) is 11.9 Å². The summed E-state index contributed by atoms with van der Waals surface area (Å²) >= 11 is 1.19. The molecule has 0 atom stereocenters. The summed E-state index contributed by atoms with van der Waals surface area (Å²) in [7, 11) is 0. The fraction of sp³-hybridized carbons (Fsp3) is 0.0870. The molecule has 0 spiro atoms. The lowest BCUT2D eigenvalue weighted by Crippen LogP contribution is -2.03. The molecule has 2 aromatic carbocycles. The number of hydrogen-bond acceptors (Lipinski definition) is 9. The first kappa shape index (κ1) is 21.7. The van der Waals surface area contributed by atoms with Crippen molar-refractivity contribution in [3.8, 4) is 23.1 Å². The number of ether oxygens (including phenoxy) is 1. The molecule has 0 radical (unpaired) electrons. The molecule has 9 nitrogen and oxygen atoms in total. The minimum Gasteiger partial charge on any atom is -0.492 e. The van der Waals surface area contributed by atoms with Gasteiger partial charge >= 0.3 is 5.63 Å². The van der Waals surface area contributed by atoms with Gasteiger partial charge in [0.25, 0.3) is 5.69 Å². The van der Waals surface area contributed by atoms with Gasteiger partial charge in [0, 0.05) is 29.1 Å². The first-order valence-electron chi connectivity index (χ1n) is 9.77. The number of thiazole rings is 1. The Bertz CT molecular complexity index is 1480. The summed E-state index contributed by atoms with van der Waals surface area (Å²) in [6, 6.07) is 14.9. The molecule has 10 heteroatoms. The summed E-state index contributed by atoms with van der Waals surface area (Å²) < 4.78 is 10.9. The van der Waals surface area contributed by atoms with Gasteiger partial charge in [0.2, 0.25) is 0 Å². The number of rotatable bonds is 7. The highest BCUT2D eigenvalue weighted by Gasteiger charge is 2.15. The molecular weight excluding hydrogens is 444 g/mol. The monoisotopic (exact) mass is 460 g/mol. The van der Waals surface area contributed by atoms with Crippen molar-refractivity contribution in [1.29, 1.82) is 5.26 Å². The van der Waals surface area contributed by atoms with Crippen molar-refractivity contribution in [2.45, 2.75) is 6.92 Å². The zero-order chi connectivity index (χ0) is 23.4. The lowest BCUT2D eigenvalue weighted by Gasteiger charge is -2.09. The topological polar surface area (TPSA) is 131 Å². The van der Waals surface area contributed by atoms with Gasteiger partial charge in [-0.2, -0.15) is 5.26 Å². The number of para-hydroxylation sites is 2. The molecule has 2 aromatic heterocycles. The fourth-order valence-electron chi connectivity index (χ4n) is 3.08. The summed E-state index contributed by atoms with van der Waals surface area (Å²) in [6.45, 7) is 2.38. The van der Waals surface area contributed by atoms with E-state index in [4.69, 9.17) is 9.15 Å². The molecule has 0 fully saturated rings. The number of fused-ring (bicyclic) bond motifs is 1. The molecule has 2 heterocycles. The number of anilines is 1. The van der Waals surface area contributed by atoms with Crippen LogP contribution in [0.15, 0.2) is 69.3 Å². The molecule has 4 aromatic rings. The molecule has 0 amide bonds. The van der Waals surface area contributed by atoms with Crippen LogP contribution in [0.2, 0.25) is 0 Å². The van der Waals surface area contributed by atoms with Gasteiger partial charge in [-0.1, -0.05) is 12.1 Å². The molecule has 0 saturated carbocycles. The average molecular weight is 460 g/mol. The predicted molar refractivity (Wildman–Crippen MR) is 125 cm³/mol. The van der Waals surface area contributed by atoms with Crippen LogP contribution in [0.5, 0.6) is 5.75 Å². The van der Waals surface area contributed by atoms with E-state index in [1.54, 1.807) is 5.38 Å². The van der Waals surface area contributed by atoms with Crippen LogP contribution in [0.3, 0.4) is 0 Å². The maximum Gasteiger partial charge on any atom is 0.345 e. The smallest absolute Gasteiger partial charge is 0.345 e.